The third kappa shape index (κ3) is 3.27. The Morgan fingerprint density at radius 3 is 2.55 bits per heavy atom. The van der Waals surface area contributed by atoms with Gasteiger partial charge in [-0.3, -0.25) is 4.79 Å². The maximum Gasteiger partial charge on any atom is 0.419 e. The zero-order valence-electron chi connectivity index (χ0n) is 10.5. The molecule has 7 heteroatoms. The second-order valence-corrected chi connectivity index (χ2v) is 5.00. The third-order valence-corrected chi connectivity index (χ3v) is 3.36. The molecule has 0 heterocycles. The first-order chi connectivity index (χ1) is 9.27. The molecule has 0 unspecified atom stereocenters. The van der Waals surface area contributed by atoms with Gasteiger partial charge in [0.15, 0.2) is 0 Å². The topological polar surface area (TPSA) is 55.1 Å². The van der Waals surface area contributed by atoms with Crippen molar-refractivity contribution >= 4 is 5.91 Å². The minimum atomic E-state index is -4.82. The highest BCUT2D eigenvalue weighted by molar-refractivity contribution is 5.94. The van der Waals surface area contributed by atoms with Gasteiger partial charge in [0.25, 0.3) is 5.91 Å². The van der Waals surface area contributed by atoms with E-state index in [9.17, 15) is 22.4 Å². The molecule has 0 aromatic heterocycles. The van der Waals surface area contributed by atoms with Crippen molar-refractivity contribution in [2.24, 2.45) is 11.7 Å². The highest BCUT2D eigenvalue weighted by Gasteiger charge is 2.34. The molecular weight excluding hydrogens is 276 g/mol. The van der Waals surface area contributed by atoms with Crippen LogP contribution in [0.2, 0.25) is 0 Å². The Morgan fingerprint density at radius 1 is 1.35 bits per heavy atom. The summed E-state index contributed by atoms with van der Waals surface area (Å²) in [5, 5.41) is 2.54. The van der Waals surface area contributed by atoms with Gasteiger partial charge in [-0.05, 0) is 37.0 Å². The van der Waals surface area contributed by atoms with Crippen LogP contribution >= 0.6 is 0 Å². The Balaban J connectivity index is 2.03. The van der Waals surface area contributed by atoms with Gasteiger partial charge in [0.05, 0.1) is 5.56 Å². The Hall–Kier alpha value is -1.63. The van der Waals surface area contributed by atoms with E-state index in [1.807, 2.05) is 0 Å². The van der Waals surface area contributed by atoms with Gasteiger partial charge in [0.1, 0.15) is 5.82 Å². The van der Waals surface area contributed by atoms with Gasteiger partial charge in [-0.1, -0.05) is 0 Å². The molecule has 1 aliphatic carbocycles. The molecule has 1 saturated carbocycles. The Labute approximate surface area is 113 Å². The summed E-state index contributed by atoms with van der Waals surface area (Å²) in [6, 6.07) is 2.35. The Bertz CT molecular complexity index is 510. The van der Waals surface area contributed by atoms with Crippen molar-refractivity contribution in [3.8, 4) is 0 Å². The van der Waals surface area contributed by atoms with Crippen molar-refractivity contribution < 1.29 is 22.4 Å². The van der Waals surface area contributed by atoms with Crippen LogP contribution in [0.1, 0.15) is 28.8 Å². The highest BCUT2D eigenvalue weighted by atomic mass is 19.4. The predicted octanol–water partition coefficient (Wildman–Crippen LogP) is 2.31. The monoisotopic (exact) mass is 290 g/mol. The van der Waals surface area contributed by atoms with Crippen molar-refractivity contribution in [1.82, 2.24) is 5.32 Å². The first-order valence-electron chi connectivity index (χ1n) is 6.18. The molecule has 2 rings (SSSR count). The van der Waals surface area contributed by atoms with E-state index in [0.717, 1.165) is 18.9 Å². The van der Waals surface area contributed by atoms with Gasteiger partial charge in [-0.15, -0.1) is 0 Å². The largest absolute Gasteiger partial charge is 0.419 e. The molecule has 1 aromatic rings. The van der Waals surface area contributed by atoms with E-state index in [1.165, 1.54) is 0 Å². The van der Waals surface area contributed by atoms with Crippen molar-refractivity contribution in [2.75, 3.05) is 6.54 Å². The molecule has 1 aliphatic rings. The van der Waals surface area contributed by atoms with E-state index in [1.54, 1.807) is 0 Å². The molecule has 1 amide bonds. The quantitative estimate of drug-likeness (QED) is 0.839. The zero-order valence-corrected chi connectivity index (χ0v) is 10.5. The summed E-state index contributed by atoms with van der Waals surface area (Å²) in [5.74, 6) is -1.77. The molecule has 0 spiro atoms. The lowest BCUT2D eigenvalue weighted by Gasteiger charge is -2.32. The van der Waals surface area contributed by atoms with Crippen LogP contribution in [0.15, 0.2) is 18.2 Å². The molecule has 3 N–H and O–H groups in total. The van der Waals surface area contributed by atoms with Gasteiger partial charge < -0.3 is 11.1 Å². The number of nitrogens with two attached hydrogens (primary N) is 1. The van der Waals surface area contributed by atoms with Crippen LogP contribution < -0.4 is 11.1 Å². The number of hydrogen-bond acceptors (Lipinski definition) is 2. The van der Waals surface area contributed by atoms with Gasteiger partial charge in [0.2, 0.25) is 0 Å². The number of carbonyl (C=O) groups is 1. The molecule has 0 bridgehead atoms. The third-order valence-electron chi connectivity index (χ3n) is 3.36. The van der Waals surface area contributed by atoms with Crippen molar-refractivity contribution in [2.45, 2.75) is 25.1 Å². The number of nitrogens with one attached hydrogen (secondary N) is 1. The van der Waals surface area contributed by atoms with E-state index in [4.69, 9.17) is 5.73 Å². The van der Waals surface area contributed by atoms with E-state index in [0.29, 0.717) is 18.7 Å². The summed E-state index contributed by atoms with van der Waals surface area (Å²) in [6.45, 7) is 0.366. The molecule has 110 valence electrons. The van der Waals surface area contributed by atoms with Crippen LogP contribution in [0.3, 0.4) is 0 Å². The molecule has 1 fully saturated rings. The second kappa shape index (κ2) is 5.40. The number of benzene rings is 1. The molecule has 1 aromatic carbocycles. The molecule has 0 radical (unpaired) electrons. The van der Waals surface area contributed by atoms with Gasteiger partial charge >= 0.3 is 6.18 Å². The van der Waals surface area contributed by atoms with E-state index < -0.39 is 23.5 Å². The smallest absolute Gasteiger partial charge is 0.352 e. The first-order valence-corrected chi connectivity index (χ1v) is 6.18. The molecule has 3 nitrogen and oxygen atoms in total. The number of carbonyl (C=O) groups excluding carboxylic acids is 1. The second-order valence-electron chi connectivity index (χ2n) is 5.00. The van der Waals surface area contributed by atoms with E-state index in [-0.39, 0.29) is 17.5 Å². The average molecular weight is 290 g/mol. The van der Waals surface area contributed by atoms with Crippen LogP contribution in [0, 0.1) is 11.7 Å². The zero-order chi connectivity index (χ0) is 14.9. The summed E-state index contributed by atoms with van der Waals surface area (Å²) >= 11 is 0. The summed E-state index contributed by atoms with van der Waals surface area (Å²) in [4.78, 5) is 11.7. The van der Waals surface area contributed by atoms with Gasteiger partial charge in [-0.2, -0.15) is 13.2 Å². The lowest BCUT2D eigenvalue weighted by Crippen LogP contribution is -2.42. The first kappa shape index (κ1) is 14.8. The van der Waals surface area contributed by atoms with Crippen molar-refractivity contribution in [3.63, 3.8) is 0 Å². The van der Waals surface area contributed by atoms with Crippen LogP contribution in [0.5, 0.6) is 0 Å². The molecule has 0 aliphatic heterocycles. The summed E-state index contributed by atoms with van der Waals surface area (Å²) in [6.07, 6.45) is -3.24. The van der Waals surface area contributed by atoms with Gasteiger partial charge in [-0.25, -0.2) is 4.39 Å². The van der Waals surface area contributed by atoms with Crippen molar-refractivity contribution in [3.05, 3.63) is 35.1 Å². The fourth-order valence-electron chi connectivity index (χ4n) is 2.18. The fourth-order valence-corrected chi connectivity index (χ4v) is 2.18. The molecule has 0 saturated heterocycles. The summed E-state index contributed by atoms with van der Waals surface area (Å²) in [7, 11) is 0. The molecular formula is C13H14F4N2O. The van der Waals surface area contributed by atoms with Gasteiger partial charge in [0, 0.05) is 18.2 Å². The fraction of sp³-hybridized carbons (Fsp3) is 0.462. The lowest BCUT2D eigenvalue weighted by molar-refractivity contribution is -0.140. The number of hydrogen-bond donors (Lipinski definition) is 2. The highest BCUT2D eigenvalue weighted by Crippen LogP contribution is 2.32. The number of halogens is 4. The minimum absolute atomic E-state index is 0.138. The van der Waals surface area contributed by atoms with Crippen LogP contribution in [-0.2, 0) is 6.18 Å². The predicted molar refractivity (Wildman–Crippen MR) is 64.4 cm³/mol. The average Bonchev–Trinajstić information content (AvgIpc) is 2.32. The Kier molecular flexibility index (Phi) is 3.99. The molecule has 0 atom stereocenters. The normalized spacial score (nSPS) is 22.2. The number of alkyl halides is 3. The van der Waals surface area contributed by atoms with E-state index in [2.05, 4.69) is 5.32 Å². The molecule has 20 heavy (non-hydrogen) atoms. The van der Waals surface area contributed by atoms with E-state index >= 15 is 0 Å². The minimum Gasteiger partial charge on any atom is -0.352 e. The van der Waals surface area contributed by atoms with Crippen LogP contribution in [0.25, 0.3) is 0 Å². The lowest BCUT2D eigenvalue weighted by atomic mass is 9.81. The maximum absolute atomic E-state index is 13.1. The maximum atomic E-state index is 13.1. The van der Waals surface area contributed by atoms with Crippen LogP contribution in [0.4, 0.5) is 17.6 Å². The number of amides is 1. The SMILES string of the molecule is NC1CC(CNC(=O)c2ccc(F)c(C(F)(F)F)c2)C1. The van der Waals surface area contributed by atoms with Crippen molar-refractivity contribution in [1.29, 1.82) is 0 Å². The number of rotatable bonds is 3. The Morgan fingerprint density at radius 2 is 2.00 bits per heavy atom. The summed E-state index contributed by atoms with van der Waals surface area (Å²) < 4.78 is 50.7. The summed E-state index contributed by atoms with van der Waals surface area (Å²) in [5.41, 5.74) is 3.95. The van der Waals surface area contributed by atoms with Crippen LogP contribution in [-0.4, -0.2) is 18.5 Å². The standard InChI is InChI=1S/C13H14F4N2O/c14-11-2-1-8(5-10(11)13(15,16)17)12(20)19-6-7-3-9(18)4-7/h1-2,5,7,9H,3-4,6,18H2,(H,19,20).